The van der Waals surface area contributed by atoms with Crippen molar-refractivity contribution in [2.24, 2.45) is 11.8 Å². The minimum Gasteiger partial charge on any atom is -0.476 e. The summed E-state index contributed by atoms with van der Waals surface area (Å²) in [5.74, 6) is -1.65. The first kappa shape index (κ1) is 31.1. The van der Waals surface area contributed by atoms with Crippen LogP contribution in [-0.2, 0) is 19.2 Å². The van der Waals surface area contributed by atoms with Gasteiger partial charge in [-0.25, -0.2) is 9.78 Å². The van der Waals surface area contributed by atoms with Crippen molar-refractivity contribution in [3.8, 4) is 0 Å². The SMILES string of the molecule is CC[C@H](C)[C@H](NOC[C@H]1CCCCN1C)C(=O)N(C)[C@H](C[C@@H](OC(C)=O)c1nc(C(=O)O)cs1)C(C)C. The number of ether oxygens (including phenoxy) is 1. The van der Waals surface area contributed by atoms with Crippen LogP contribution < -0.4 is 5.48 Å². The summed E-state index contributed by atoms with van der Waals surface area (Å²) >= 11 is 1.13. The van der Waals surface area contributed by atoms with Gasteiger partial charge < -0.3 is 19.6 Å². The molecule has 1 saturated heterocycles. The zero-order chi connectivity index (χ0) is 27.7. The molecule has 1 aromatic rings. The van der Waals surface area contributed by atoms with Crippen LogP contribution in [0.3, 0.4) is 0 Å². The number of carboxylic acid groups (broad SMARTS) is 1. The van der Waals surface area contributed by atoms with E-state index in [2.05, 4.69) is 22.4 Å². The van der Waals surface area contributed by atoms with Crippen molar-refractivity contribution in [2.45, 2.75) is 91.0 Å². The van der Waals surface area contributed by atoms with Gasteiger partial charge in [0.15, 0.2) is 11.8 Å². The Labute approximate surface area is 224 Å². The van der Waals surface area contributed by atoms with Gasteiger partial charge in [-0.1, -0.05) is 40.5 Å². The third-order valence-electron chi connectivity index (χ3n) is 7.28. The van der Waals surface area contributed by atoms with Crippen LogP contribution in [0.1, 0.15) is 88.3 Å². The van der Waals surface area contributed by atoms with Crippen molar-refractivity contribution in [3.63, 3.8) is 0 Å². The van der Waals surface area contributed by atoms with Gasteiger partial charge in [0.1, 0.15) is 11.0 Å². The quantitative estimate of drug-likeness (QED) is 0.268. The number of piperidine rings is 1. The number of nitrogens with zero attached hydrogens (tertiary/aromatic N) is 3. The van der Waals surface area contributed by atoms with Crippen LogP contribution in [0.2, 0.25) is 0 Å². The second kappa shape index (κ2) is 14.8. The zero-order valence-corrected chi connectivity index (χ0v) is 24.0. The van der Waals surface area contributed by atoms with Crippen molar-refractivity contribution < 1.29 is 29.1 Å². The summed E-state index contributed by atoms with van der Waals surface area (Å²) in [6.45, 7) is 10.9. The van der Waals surface area contributed by atoms with E-state index in [9.17, 15) is 19.5 Å². The number of rotatable bonds is 14. The number of aromatic nitrogens is 1. The zero-order valence-electron chi connectivity index (χ0n) is 23.2. The van der Waals surface area contributed by atoms with E-state index in [-0.39, 0.29) is 29.5 Å². The Morgan fingerprint density at radius 2 is 2.00 bits per heavy atom. The fourth-order valence-electron chi connectivity index (χ4n) is 4.65. The summed E-state index contributed by atoms with van der Waals surface area (Å²) in [5, 5.41) is 11.1. The average molecular weight is 541 g/mol. The Hall–Kier alpha value is -2.08. The Kier molecular flexibility index (Phi) is 12.4. The second-order valence-electron chi connectivity index (χ2n) is 10.4. The maximum atomic E-state index is 13.7. The van der Waals surface area contributed by atoms with Crippen LogP contribution in [0.25, 0.3) is 0 Å². The minimum absolute atomic E-state index is 0.0354. The smallest absolute Gasteiger partial charge is 0.355 e. The summed E-state index contributed by atoms with van der Waals surface area (Å²) in [5.41, 5.74) is 2.97. The molecule has 210 valence electrons. The van der Waals surface area contributed by atoms with E-state index < -0.39 is 24.1 Å². The molecule has 1 aliphatic rings. The molecule has 1 aliphatic heterocycles. The number of carbonyl (C=O) groups excluding carboxylic acids is 2. The van der Waals surface area contributed by atoms with E-state index >= 15 is 0 Å². The highest BCUT2D eigenvalue weighted by Crippen LogP contribution is 2.31. The molecule has 10 nitrogen and oxygen atoms in total. The Balaban J connectivity index is 2.16. The monoisotopic (exact) mass is 540 g/mol. The first-order valence-corrected chi connectivity index (χ1v) is 14.0. The average Bonchev–Trinajstić information content (AvgIpc) is 3.34. The summed E-state index contributed by atoms with van der Waals surface area (Å²) in [4.78, 5) is 51.0. The van der Waals surface area contributed by atoms with Crippen molar-refractivity contribution in [3.05, 3.63) is 16.1 Å². The molecule has 0 aliphatic carbocycles. The predicted molar refractivity (Wildman–Crippen MR) is 142 cm³/mol. The van der Waals surface area contributed by atoms with Crippen molar-refractivity contribution in [1.82, 2.24) is 20.3 Å². The number of esters is 1. The molecular formula is C26H44N4O6S. The number of carbonyl (C=O) groups is 3. The van der Waals surface area contributed by atoms with Crippen LogP contribution in [0, 0.1) is 11.8 Å². The molecule has 0 aromatic carbocycles. The third kappa shape index (κ3) is 9.01. The van der Waals surface area contributed by atoms with Gasteiger partial charge in [0.2, 0.25) is 5.91 Å². The minimum atomic E-state index is -1.14. The number of aromatic carboxylic acids is 1. The lowest BCUT2D eigenvalue weighted by Crippen LogP contribution is -2.53. The molecule has 0 spiro atoms. The molecule has 37 heavy (non-hydrogen) atoms. The van der Waals surface area contributed by atoms with Gasteiger partial charge in [0.25, 0.3) is 0 Å². The van der Waals surface area contributed by atoms with Crippen LogP contribution in [0.5, 0.6) is 0 Å². The number of nitrogens with one attached hydrogen (secondary N) is 1. The number of amides is 1. The van der Waals surface area contributed by atoms with E-state index in [1.165, 1.54) is 25.1 Å². The van der Waals surface area contributed by atoms with Crippen molar-refractivity contribution >= 4 is 29.2 Å². The first-order valence-electron chi connectivity index (χ1n) is 13.2. The number of hydrogen-bond donors (Lipinski definition) is 2. The molecule has 2 rings (SSSR count). The van der Waals surface area contributed by atoms with Gasteiger partial charge in [-0.2, -0.15) is 5.48 Å². The fraction of sp³-hybridized carbons (Fsp3) is 0.769. The standard InChI is InChI=1S/C26H44N4O6S/c1-8-17(4)23(28-35-14-19-11-9-10-12-29(19)6)25(32)30(7)21(16(2)3)13-22(36-18(5)31)24-27-20(15-37-24)26(33)34/h15-17,19,21-23,28H,8-14H2,1-7H3,(H,33,34)/t17-,19+,21+,22+,23-/m0/s1. The molecule has 2 N–H and O–H groups in total. The normalized spacial score (nSPS) is 19.7. The molecular weight excluding hydrogens is 496 g/mol. The van der Waals surface area contributed by atoms with E-state index in [1.54, 1.807) is 11.9 Å². The molecule has 0 unspecified atom stereocenters. The first-order chi connectivity index (χ1) is 17.5. The van der Waals surface area contributed by atoms with Gasteiger partial charge in [0.05, 0.1) is 6.61 Å². The molecule has 0 saturated carbocycles. The Bertz CT molecular complexity index is 894. The number of thiazole rings is 1. The van der Waals surface area contributed by atoms with Gasteiger partial charge in [-0.05, 0) is 38.3 Å². The van der Waals surface area contributed by atoms with Crippen molar-refractivity contribution in [2.75, 3.05) is 27.2 Å². The highest BCUT2D eigenvalue weighted by Gasteiger charge is 2.35. The molecule has 1 amide bonds. The third-order valence-corrected chi connectivity index (χ3v) is 8.22. The van der Waals surface area contributed by atoms with E-state index in [4.69, 9.17) is 9.57 Å². The lowest BCUT2D eigenvalue weighted by atomic mass is 9.93. The Morgan fingerprint density at radius 3 is 2.54 bits per heavy atom. The second-order valence-corrected chi connectivity index (χ2v) is 11.3. The van der Waals surface area contributed by atoms with Gasteiger partial charge >= 0.3 is 11.9 Å². The number of likely N-dealkylation sites (tertiary alicyclic amines) is 1. The summed E-state index contributed by atoms with van der Waals surface area (Å²) < 4.78 is 5.54. The lowest BCUT2D eigenvalue weighted by molar-refractivity contribution is -0.149. The molecule has 2 heterocycles. The van der Waals surface area contributed by atoms with E-state index in [0.717, 1.165) is 30.7 Å². The number of carboxylic acids is 1. The van der Waals surface area contributed by atoms with Crippen LogP contribution >= 0.6 is 11.3 Å². The van der Waals surface area contributed by atoms with Gasteiger partial charge in [0, 0.05) is 37.9 Å². The number of hydrogen-bond acceptors (Lipinski definition) is 9. The van der Waals surface area contributed by atoms with Crippen LogP contribution in [0.15, 0.2) is 5.38 Å². The highest BCUT2D eigenvalue weighted by atomic mass is 32.1. The van der Waals surface area contributed by atoms with E-state index in [0.29, 0.717) is 24.1 Å². The maximum absolute atomic E-state index is 13.7. The molecule has 1 aromatic heterocycles. The van der Waals surface area contributed by atoms with Gasteiger partial charge in [-0.15, -0.1) is 11.3 Å². The Morgan fingerprint density at radius 1 is 1.30 bits per heavy atom. The lowest BCUT2D eigenvalue weighted by Gasteiger charge is -2.37. The molecule has 0 bridgehead atoms. The number of likely N-dealkylation sites (N-methyl/N-ethyl adjacent to an activating group) is 2. The van der Waals surface area contributed by atoms with Crippen LogP contribution in [-0.4, -0.2) is 83.1 Å². The van der Waals surface area contributed by atoms with E-state index in [1.807, 2.05) is 27.7 Å². The largest absolute Gasteiger partial charge is 0.476 e. The molecule has 1 fully saturated rings. The fourth-order valence-corrected chi connectivity index (χ4v) is 5.48. The predicted octanol–water partition coefficient (Wildman–Crippen LogP) is 3.74. The van der Waals surface area contributed by atoms with Gasteiger partial charge in [-0.3, -0.25) is 14.4 Å². The molecule has 5 atom stereocenters. The summed E-state index contributed by atoms with van der Waals surface area (Å²) in [6, 6.07) is -0.490. The highest BCUT2D eigenvalue weighted by molar-refractivity contribution is 7.09. The van der Waals surface area contributed by atoms with Crippen molar-refractivity contribution in [1.29, 1.82) is 0 Å². The molecule has 0 radical (unpaired) electrons. The number of hydroxylamine groups is 1. The summed E-state index contributed by atoms with van der Waals surface area (Å²) in [7, 11) is 3.86. The molecule has 11 heteroatoms. The maximum Gasteiger partial charge on any atom is 0.355 e. The van der Waals surface area contributed by atoms with Crippen LogP contribution in [0.4, 0.5) is 0 Å². The topological polar surface area (TPSA) is 121 Å². The summed E-state index contributed by atoms with van der Waals surface area (Å²) in [6.07, 6.45) is 3.79.